The highest BCUT2D eigenvalue weighted by atomic mass is 16.5. The standard InChI is InChI=1S/C34H48N4O4/c1-21-9-5-12-25(19-21)35-31(39)28-27-14-15-34(42-27)29(28)33(41)38(18-8-17-37-16-7-10-22(2)20-37)30(34)32(40)36-26-13-6-11-23(3)24(26)4/h5,9,12,14-15,19,22-24,26-30H,6-8,10-11,13,16-18,20H2,1-4H3,(H,35,39)(H,36,40)/t22-,23+,24-,26-,27+,28-,29+,30+,34+/m1/s1. The summed E-state index contributed by atoms with van der Waals surface area (Å²) >= 11 is 0. The molecule has 2 N–H and O–H groups in total. The van der Waals surface area contributed by atoms with Gasteiger partial charge in [-0.05, 0) is 81.1 Å². The Morgan fingerprint density at radius 1 is 1.07 bits per heavy atom. The van der Waals surface area contributed by atoms with Crippen LogP contribution < -0.4 is 10.6 Å². The van der Waals surface area contributed by atoms with Crippen LogP contribution in [-0.4, -0.2) is 77.5 Å². The van der Waals surface area contributed by atoms with E-state index in [1.54, 1.807) is 4.90 Å². The van der Waals surface area contributed by atoms with Gasteiger partial charge in [0.1, 0.15) is 11.6 Å². The fourth-order valence-electron chi connectivity index (χ4n) is 8.46. The monoisotopic (exact) mass is 576 g/mol. The van der Waals surface area contributed by atoms with Crippen LogP contribution in [-0.2, 0) is 19.1 Å². The maximum Gasteiger partial charge on any atom is 0.246 e. The average molecular weight is 577 g/mol. The molecule has 4 aliphatic heterocycles. The summed E-state index contributed by atoms with van der Waals surface area (Å²) in [5.74, 6) is -0.315. The highest BCUT2D eigenvalue weighted by molar-refractivity contribution is 6.02. The van der Waals surface area contributed by atoms with Crippen LogP contribution in [0.4, 0.5) is 5.69 Å². The molecule has 2 bridgehead atoms. The number of anilines is 1. The van der Waals surface area contributed by atoms with Crippen LogP contribution in [0.15, 0.2) is 36.4 Å². The van der Waals surface area contributed by atoms with Gasteiger partial charge in [-0.1, -0.05) is 57.9 Å². The zero-order chi connectivity index (χ0) is 29.6. The second kappa shape index (κ2) is 11.8. The number of carbonyl (C=O) groups excluding carboxylic acids is 3. The number of piperidine rings is 1. The molecule has 1 aromatic carbocycles. The molecule has 0 radical (unpaired) electrons. The number of fused-ring (bicyclic) bond motifs is 1. The minimum absolute atomic E-state index is 0.0755. The van der Waals surface area contributed by atoms with E-state index in [0.29, 0.717) is 30.0 Å². The average Bonchev–Trinajstić information content (AvgIpc) is 3.59. The predicted molar refractivity (Wildman–Crippen MR) is 163 cm³/mol. The lowest BCUT2D eigenvalue weighted by molar-refractivity contribution is -0.141. The van der Waals surface area contributed by atoms with Crippen LogP contribution in [0.1, 0.15) is 64.9 Å². The second-order valence-electron chi connectivity index (χ2n) is 13.9. The van der Waals surface area contributed by atoms with Crippen LogP contribution in [0.3, 0.4) is 0 Å². The number of rotatable bonds is 8. The van der Waals surface area contributed by atoms with Gasteiger partial charge in [0.25, 0.3) is 0 Å². The molecule has 8 nitrogen and oxygen atoms in total. The van der Waals surface area contributed by atoms with E-state index in [1.165, 1.54) is 19.3 Å². The Kier molecular flexibility index (Phi) is 8.22. The van der Waals surface area contributed by atoms with E-state index < -0.39 is 29.6 Å². The highest BCUT2D eigenvalue weighted by Crippen LogP contribution is 2.55. The molecule has 1 spiro atoms. The van der Waals surface area contributed by atoms with Crippen LogP contribution in [0.2, 0.25) is 0 Å². The first-order valence-corrected chi connectivity index (χ1v) is 16.3. The molecule has 1 saturated carbocycles. The van der Waals surface area contributed by atoms with E-state index in [4.69, 9.17) is 4.74 Å². The van der Waals surface area contributed by atoms with Crippen molar-refractivity contribution < 1.29 is 19.1 Å². The van der Waals surface area contributed by atoms with Crippen molar-refractivity contribution in [3.05, 3.63) is 42.0 Å². The largest absolute Gasteiger partial charge is 0.359 e. The number of aryl methyl sites for hydroxylation is 1. The SMILES string of the molecule is Cc1cccc(NC(=O)[C@@H]2[C@@H]3C=C[C@]4(O3)[C@@H]2C(=O)N(CCCN2CCC[C@@H](C)C2)[C@H]4C(=O)N[C@@H]2CCC[C@H](C)[C@H]2C)c1. The van der Waals surface area contributed by atoms with Gasteiger partial charge in [0, 0.05) is 24.8 Å². The van der Waals surface area contributed by atoms with Crippen LogP contribution >= 0.6 is 0 Å². The van der Waals surface area contributed by atoms with Crippen molar-refractivity contribution in [2.24, 2.45) is 29.6 Å². The number of ether oxygens (including phenoxy) is 1. The molecule has 1 aromatic rings. The first-order valence-electron chi connectivity index (χ1n) is 16.3. The zero-order valence-electron chi connectivity index (χ0n) is 25.7. The van der Waals surface area contributed by atoms with Crippen molar-refractivity contribution in [1.82, 2.24) is 15.1 Å². The number of nitrogens with one attached hydrogen (secondary N) is 2. The van der Waals surface area contributed by atoms with Gasteiger partial charge in [0.2, 0.25) is 17.7 Å². The van der Waals surface area contributed by atoms with Gasteiger partial charge >= 0.3 is 0 Å². The zero-order valence-corrected chi connectivity index (χ0v) is 25.7. The van der Waals surface area contributed by atoms with E-state index in [-0.39, 0.29) is 23.8 Å². The van der Waals surface area contributed by atoms with Gasteiger partial charge in [-0.2, -0.15) is 0 Å². The lowest BCUT2D eigenvalue weighted by Gasteiger charge is -2.38. The molecule has 8 heteroatoms. The highest BCUT2D eigenvalue weighted by Gasteiger charge is 2.72. The maximum absolute atomic E-state index is 14.3. The Hall–Kier alpha value is -2.71. The number of hydrogen-bond acceptors (Lipinski definition) is 5. The number of hydrogen-bond donors (Lipinski definition) is 2. The van der Waals surface area contributed by atoms with Crippen molar-refractivity contribution in [1.29, 1.82) is 0 Å². The predicted octanol–water partition coefficient (Wildman–Crippen LogP) is 4.15. The molecule has 0 unspecified atom stereocenters. The lowest BCUT2D eigenvalue weighted by atomic mass is 9.73. The lowest BCUT2D eigenvalue weighted by Crippen LogP contribution is -2.58. The minimum Gasteiger partial charge on any atom is -0.359 e. The number of benzene rings is 1. The fourth-order valence-corrected chi connectivity index (χ4v) is 8.46. The quantitative estimate of drug-likeness (QED) is 0.454. The third-order valence-electron chi connectivity index (χ3n) is 10.9. The van der Waals surface area contributed by atoms with Crippen molar-refractivity contribution >= 4 is 23.4 Å². The Labute approximate surface area is 250 Å². The van der Waals surface area contributed by atoms with Gasteiger partial charge in [-0.25, -0.2) is 0 Å². The number of amides is 3. The molecule has 4 fully saturated rings. The summed E-state index contributed by atoms with van der Waals surface area (Å²) < 4.78 is 6.56. The summed E-state index contributed by atoms with van der Waals surface area (Å²) in [5, 5.41) is 6.39. The van der Waals surface area contributed by atoms with Gasteiger partial charge in [0.15, 0.2) is 0 Å². The van der Waals surface area contributed by atoms with Crippen LogP contribution in [0, 0.1) is 36.5 Å². The smallest absolute Gasteiger partial charge is 0.246 e. The van der Waals surface area contributed by atoms with Crippen molar-refractivity contribution in [3.8, 4) is 0 Å². The van der Waals surface area contributed by atoms with Gasteiger partial charge in [-0.3, -0.25) is 14.4 Å². The van der Waals surface area contributed by atoms with E-state index in [9.17, 15) is 14.4 Å². The Bertz CT molecular complexity index is 1230. The topological polar surface area (TPSA) is 91.0 Å². The number of likely N-dealkylation sites (tertiary alicyclic amines) is 2. The number of nitrogens with zero attached hydrogens (tertiary/aromatic N) is 2. The summed E-state index contributed by atoms with van der Waals surface area (Å²) in [6, 6.07) is 6.96. The fraction of sp³-hybridized carbons (Fsp3) is 0.676. The Morgan fingerprint density at radius 2 is 1.90 bits per heavy atom. The van der Waals surface area contributed by atoms with Gasteiger partial charge in [-0.15, -0.1) is 0 Å². The van der Waals surface area contributed by atoms with Crippen molar-refractivity contribution in [3.63, 3.8) is 0 Å². The van der Waals surface area contributed by atoms with E-state index in [1.807, 2.05) is 43.3 Å². The Balaban J connectivity index is 1.24. The molecule has 42 heavy (non-hydrogen) atoms. The minimum atomic E-state index is -1.12. The molecule has 3 amide bonds. The molecule has 5 aliphatic rings. The molecule has 6 rings (SSSR count). The molecule has 0 aromatic heterocycles. The summed E-state index contributed by atoms with van der Waals surface area (Å²) in [4.78, 5) is 46.5. The third kappa shape index (κ3) is 5.30. The van der Waals surface area contributed by atoms with Crippen LogP contribution in [0.5, 0.6) is 0 Å². The van der Waals surface area contributed by atoms with Gasteiger partial charge in [0.05, 0.1) is 17.9 Å². The summed E-state index contributed by atoms with van der Waals surface area (Å²) in [7, 11) is 0. The molecule has 228 valence electrons. The van der Waals surface area contributed by atoms with E-state index in [2.05, 4.69) is 36.3 Å². The second-order valence-corrected chi connectivity index (χ2v) is 13.9. The summed E-state index contributed by atoms with van der Waals surface area (Å²) in [5.41, 5.74) is 0.625. The van der Waals surface area contributed by atoms with Gasteiger partial charge < -0.3 is 25.2 Å². The first-order chi connectivity index (χ1) is 20.2. The molecule has 4 heterocycles. The van der Waals surface area contributed by atoms with Crippen molar-refractivity contribution in [2.45, 2.75) is 90.0 Å². The summed E-state index contributed by atoms with van der Waals surface area (Å²) in [6.45, 7) is 12.3. The normalized spacial score (nSPS) is 37.6. The molecular formula is C34H48N4O4. The molecule has 1 aliphatic carbocycles. The van der Waals surface area contributed by atoms with Crippen LogP contribution in [0.25, 0.3) is 0 Å². The number of carbonyl (C=O) groups is 3. The van der Waals surface area contributed by atoms with E-state index in [0.717, 1.165) is 44.5 Å². The molecular weight excluding hydrogens is 528 g/mol. The molecule has 9 atom stereocenters. The molecule has 3 saturated heterocycles. The maximum atomic E-state index is 14.3. The summed E-state index contributed by atoms with van der Waals surface area (Å²) in [6.07, 6.45) is 9.76. The third-order valence-corrected chi connectivity index (χ3v) is 10.9. The Morgan fingerprint density at radius 3 is 2.69 bits per heavy atom. The van der Waals surface area contributed by atoms with E-state index >= 15 is 0 Å². The van der Waals surface area contributed by atoms with Crippen molar-refractivity contribution in [2.75, 3.05) is 31.5 Å². The first kappa shape index (κ1) is 29.4.